The van der Waals surface area contributed by atoms with Crippen molar-refractivity contribution in [3.8, 4) is 0 Å². The van der Waals surface area contributed by atoms with Crippen LogP contribution in [-0.2, 0) is 14.2 Å². The van der Waals surface area contributed by atoms with Crippen LogP contribution in [0.1, 0.15) is 27.2 Å². The topological polar surface area (TPSA) is 77.0 Å². The molecular formula is C12H23NO5. The predicted molar refractivity (Wildman–Crippen MR) is 65.4 cm³/mol. The van der Waals surface area contributed by atoms with Crippen LogP contribution >= 0.6 is 0 Å². The highest BCUT2D eigenvalue weighted by molar-refractivity contribution is 5.68. The maximum Gasteiger partial charge on any atom is 0.408 e. The van der Waals surface area contributed by atoms with Crippen molar-refractivity contribution >= 4 is 6.09 Å². The molecule has 1 aliphatic rings. The molecule has 0 aliphatic carbocycles. The van der Waals surface area contributed by atoms with Gasteiger partial charge in [0.1, 0.15) is 5.60 Å². The molecule has 0 aromatic rings. The third-order valence-corrected chi connectivity index (χ3v) is 2.66. The number of alkyl carbamates (subject to hydrolysis) is 1. The van der Waals surface area contributed by atoms with Crippen LogP contribution < -0.4 is 5.32 Å². The average molecular weight is 261 g/mol. The SMILES string of the molecule is COC1C[C@@H](CO)OC[C@@H]1NC(=O)OC(C)(C)C. The van der Waals surface area contributed by atoms with Crippen molar-refractivity contribution in [1.82, 2.24) is 5.32 Å². The molecule has 0 bridgehead atoms. The highest BCUT2D eigenvalue weighted by Crippen LogP contribution is 2.17. The van der Waals surface area contributed by atoms with E-state index in [0.717, 1.165) is 0 Å². The van der Waals surface area contributed by atoms with E-state index in [-0.39, 0.29) is 24.9 Å². The molecule has 0 radical (unpaired) electrons. The first-order chi connectivity index (χ1) is 8.35. The van der Waals surface area contributed by atoms with E-state index in [0.29, 0.717) is 13.0 Å². The number of hydrogen-bond donors (Lipinski definition) is 2. The number of rotatable bonds is 3. The fourth-order valence-corrected chi connectivity index (χ4v) is 1.82. The van der Waals surface area contributed by atoms with Gasteiger partial charge in [-0.2, -0.15) is 0 Å². The first-order valence-corrected chi connectivity index (χ1v) is 6.10. The number of ether oxygens (including phenoxy) is 3. The van der Waals surface area contributed by atoms with Gasteiger partial charge in [0, 0.05) is 13.5 Å². The maximum absolute atomic E-state index is 11.6. The van der Waals surface area contributed by atoms with Crippen LogP contribution in [0.4, 0.5) is 4.79 Å². The molecule has 1 fully saturated rings. The summed E-state index contributed by atoms with van der Waals surface area (Å²) in [6.07, 6.45) is -0.344. The molecule has 6 heteroatoms. The van der Waals surface area contributed by atoms with E-state index in [2.05, 4.69) is 5.32 Å². The lowest BCUT2D eigenvalue weighted by atomic mass is 10.0. The van der Waals surface area contributed by atoms with Gasteiger partial charge in [0.25, 0.3) is 0 Å². The van der Waals surface area contributed by atoms with E-state index >= 15 is 0 Å². The zero-order valence-electron chi connectivity index (χ0n) is 11.4. The molecule has 1 rings (SSSR count). The molecule has 106 valence electrons. The molecule has 1 saturated heterocycles. The number of aliphatic hydroxyl groups is 1. The molecular weight excluding hydrogens is 238 g/mol. The Morgan fingerprint density at radius 3 is 2.67 bits per heavy atom. The third-order valence-electron chi connectivity index (χ3n) is 2.66. The highest BCUT2D eigenvalue weighted by Gasteiger charge is 2.33. The Kier molecular flexibility index (Phi) is 5.37. The van der Waals surface area contributed by atoms with E-state index in [9.17, 15) is 4.79 Å². The molecule has 1 aliphatic heterocycles. The lowest BCUT2D eigenvalue weighted by molar-refractivity contribution is -0.0951. The Balaban J connectivity index is 2.48. The molecule has 18 heavy (non-hydrogen) atoms. The van der Waals surface area contributed by atoms with Gasteiger partial charge in [0.2, 0.25) is 0 Å². The number of nitrogens with one attached hydrogen (secondary N) is 1. The first kappa shape index (κ1) is 15.2. The number of hydrogen-bond acceptors (Lipinski definition) is 5. The van der Waals surface area contributed by atoms with Crippen molar-refractivity contribution in [2.24, 2.45) is 0 Å². The molecule has 6 nitrogen and oxygen atoms in total. The summed E-state index contributed by atoms with van der Waals surface area (Å²) in [6.45, 7) is 5.68. The standard InChI is InChI=1S/C12H23NO5/c1-12(2,3)18-11(15)13-9-7-17-8(6-14)5-10(9)16-4/h8-10,14H,5-7H2,1-4H3,(H,13,15)/t8-,9-,10?/m0/s1. The van der Waals surface area contributed by atoms with Crippen LogP contribution in [0.15, 0.2) is 0 Å². The van der Waals surface area contributed by atoms with Crippen molar-refractivity contribution < 1.29 is 24.1 Å². The lowest BCUT2D eigenvalue weighted by Gasteiger charge is -2.35. The Bertz CT molecular complexity index is 276. The number of carbonyl (C=O) groups is 1. The summed E-state index contributed by atoms with van der Waals surface area (Å²) in [5, 5.41) is 11.8. The maximum atomic E-state index is 11.6. The summed E-state index contributed by atoms with van der Waals surface area (Å²) in [4.78, 5) is 11.6. The number of amides is 1. The van der Waals surface area contributed by atoms with Crippen LogP contribution in [0, 0.1) is 0 Å². The second-order valence-corrected chi connectivity index (χ2v) is 5.40. The van der Waals surface area contributed by atoms with Gasteiger partial charge in [-0.25, -0.2) is 4.79 Å². The summed E-state index contributed by atoms with van der Waals surface area (Å²) < 4.78 is 15.9. The number of methoxy groups -OCH3 is 1. The van der Waals surface area contributed by atoms with E-state index in [1.54, 1.807) is 27.9 Å². The minimum atomic E-state index is -0.532. The lowest BCUT2D eigenvalue weighted by Crippen LogP contribution is -2.53. The molecule has 1 heterocycles. The Morgan fingerprint density at radius 2 is 2.17 bits per heavy atom. The van der Waals surface area contributed by atoms with Crippen LogP contribution in [0.25, 0.3) is 0 Å². The summed E-state index contributed by atoms with van der Waals surface area (Å²) in [7, 11) is 1.58. The fraction of sp³-hybridized carbons (Fsp3) is 0.917. The van der Waals surface area contributed by atoms with Crippen molar-refractivity contribution in [2.45, 2.75) is 51.0 Å². The minimum absolute atomic E-state index is 0.0426. The van der Waals surface area contributed by atoms with Gasteiger partial charge >= 0.3 is 6.09 Å². The molecule has 3 atom stereocenters. The molecule has 1 unspecified atom stereocenters. The quantitative estimate of drug-likeness (QED) is 0.781. The van der Waals surface area contributed by atoms with Gasteiger partial charge in [-0.3, -0.25) is 0 Å². The zero-order valence-corrected chi connectivity index (χ0v) is 11.4. The summed E-state index contributed by atoms with van der Waals surface area (Å²) >= 11 is 0. The monoisotopic (exact) mass is 261 g/mol. The average Bonchev–Trinajstić information content (AvgIpc) is 2.27. The molecule has 0 spiro atoms. The van der Waals surface area contributed by atoms with Crippen LogP contribution in [-0.4, -0.2) is 55.4 Å². The summed E-state index contributed by atoms with van der Waals surface area (Å²) in [5.41, 5.74) is -0.532. The van der Waals surface area contributed by atoms with Crippen molar-refractivity contribution in [2.75, 3.05) is 20.3 Å². The Labute approximate surface area is 108 Å². The molecule has 0 saturated carbocycles. The van der Waals surface area contributed by atoms with Crippen LogP contribution in [0.3, 0.4) is 0 Å². The third kappa shape index (κ3) is 4.80. The van der Waals surface area contributed by atoms with Gasteiger partial charge in [-0.15, -0.1) is 0 Å². The van der Waals surface area contributed by atoms with Crippen molar-refractivity contribution in [3.05, 3.63) is 0 Å². The fourth-order valence-electron chi connectivity index (χ4n) is 1.82. The Hall–Kier alpha value is -0.850. The second kappa shape index (κ2) is 6.36. The van der Waals surface area contributed by atoms with Gasteiger partial charge < -0.3 is 24.6 Å². The first-order valence-electron chi connectivity index (χ1n) is 6.10. The smallest absolute Gasteiger partial charge is 0.408 e. The number of aliphatic hydroxyl groups excluding tert-OH is 1. The minimum Gasteiger partial charge on any atom is -0.444 e. The summed E-state index contributed by atoms with van der Waals surface area (Å²) in [5.74, 6) is 0. The van der Waals surface area contributed by atoms with Crippen LogP contribution in [0.5, 0.6) is 0 Å². The second-order valence-electron chi connectivity index (χ2n) is 5.40. The van der Waals surface area contributed by atoms with Gasteiger partial charge in [-0.05, 0) is 20.8 Å². The summed E-state index contributed by atoms with van der Waals surface area (Å²) in [6, 6.07) is -0.257. The van der Waals surface area contributed by atoms with E-state index in [1.807, 2.05) is 0 Å². The highest BCUT2D eigenvalue weighted by atomic mass is 16.6. The normalized spacial score (nSPS) is 28.8. The molecule has 0 aromatic carbocycles. The predicted octanol–water partition coefficient (Wildman–Crippen LogP) is 0.676. The number of carbonyl (C=O) groups excluding carboxylic acids is 1. The van der Waals surface area contributed by atoms with E-state index < -0.39 is 11.7 Å². The van der Waals surface area contributed by atoms with E-state index in [4.69, 9.17) is 19.3 Å². The Morgan fingerprint density at radius 1 is 1.50 bits per heavy atom. The van der Waals surface area contributed by atoms with Gasteiger partial charge in [0.05, 0.1) is 31.5 Å². The van der Waals surface area contributed by atoms with Crippen molar-refractivity contribution in [1.29, 1.82) is 0 Å². The largest absolute Gasteiger partial charge is 0.444 e. The van der Waals surface area contributed by atoms with E-state index in [1.165, 1.54) is 0 Å². The zero-order chi connectivity index (χ0) is 13.8. The van der Waals surface area contributed by atoms with Crippen molar-refractivity contribution in [3.63, 3.8) is 0 Å². The molecule has 1 amide bonds. The van der Waals surface area contributed by atoms with Gasteiger partial charge in [-0.1, -0.05) is 0 Å². The molecule has 0 aromatic heterocycles. The van der Waals surface area contributed by atoms with Crippen LogP contribution in [0.2, 0.25) is 0 Å². The van der Waals surface area contributed by atoms with Gasteiger partial charge in [0.15, 0.2) is 0 Å². The molecule has 2 N–H and O–H groups in total.